The van der Waals surface area contributed by atoms with Gasteiger partial charge in [0.2, 0.25) is 15.9 Å². The van der Waals surface area contributed by atoms with E-state index in [2.05, 4.69) is 15.0 Å². The van der Waals surface area contributed by atoms with Crippen molar-refractivity contribution in [2.75, 3.05) is 15.8 Å². The molecule has 0 radical (unpaired) electrons. The molecule has 1 amide bonds. The molecule has 0 atom stereocenters. The lowest BCUT2D eigenvalue weighted by molar-refractivity contribution is -0.116. The van der Waals surface area contributed by atoms with Gasteiger partial charge in [-0.3, -0.25) is 18.9 Å². The molecule has 29 heavy (non-hydrogen) atoms. The second-order valence-corrected chi connectivity index (χ2v) is 8.40. The topological polar surface area (TPSA) is 137 Å². The molecule has 0 aliphatic rings. The van der Waals surface area contributed by atoms with Crippen LogP contribution in [0.5, 0.6) is 0 Å². The highest BCUT2D eigenvalue weighted by molar-refractivity contribution is 7.92. The van der Waals surface area contributed by atoms with Crippen molar-refractivity contribution >= 4 is 38.5 Å². The molecule has 0 unspecified atom stereocenters. The minimum absolute atomic E-state index is 0.0593. The molecule has 2 heterocycles. The molecule has 3 aromatic rings. The summed E-state index contributed by atoms with van der Waals surface area (Å²) >= 11 is 0. The normalized spacial score (nSPS) is 11.6. The number of imidazole rings is 1. The van der Waals surface area contributed by atoms with Gasteiger partial charge in [0.15, 0.2) is 11.2 Å². The van der Waals surface area contributed by atoms with Crippen molar-refractivity contribution in [1.82, 2.24) is 18.7 Å². The van der Waals surface area contributed by atoms with Crippen molar-refractivity contribution in [3.63, 3.8) is 0 Å². The highest BCUT2D eigenvalue weighted by Crippen LogP contribution is 2.15. The molecular weight excluding hydrogens is 400 g/mol. The van der Waals surface area contributed by atoms with E-state index in [1.54, 1.807) is 7.05 Å². The maximum atomic E-state index is 12.6. The summed E-state index contributed by atoms with van der Waals surface area (Å²) in [5.41, 5.74) is -0.0579. The van der Waals surface area contributed by atoms with Crippen molar-refractivity contribution in [2.45, 2.75) is 13.5 Å². The highest BCUT2D eigenvalue weighted by Gasteiger charge is 2.17. The summed E-state index contributed by atoms with van der Waals surface area (Å²) in [6.07, 6.45) is 1.42. The van der Waals surface area contributed by atoms with Crippen LogP contribution in [0.4, 0.5) is 11.4 Å². The van der Waals surface area contributed by atoms with Crippen LogP contribution in [0.3, 0.4) is 0 Å². The number of anilines is 2. The summed E-state index contributed by atoms with van der Waals surface area (Å²) in [6.45, 7) is 1.04. The van der Waals surface area contributed by atoms with Crippen LogP contribution in [0.25, 0.3) is 11.2 Å². The van der Waals surface area contributed by atoms with Gasteiger partial charge in [0.25, 0.3) is 5.56 Å². The third kappa shape index (κ3) is 4.06. The van der Waals surface area contributed by atoms with Crippen LogP contribution in [-0.2, 0) is 35.5 Å². The third-order valence-corrected chi connectivity index (χ3v) is 5.63. The number of aromatic nitrogens is 4. The molecule has 2 N–H and O–H groups in total. The lowest BCUT2D eigenvalue weighted by Crippen LogP contribution is -2.42. The first kappa shape index (κ1) is 20.3. The van der Waals surface area contributed by atoms with E-state index in [-0.39, 0.29) is 16.9 Å². The van der Waals surface area contributed by atoms with Crippen LogP contribution in [0.2, 0.25) is 0 Å². The van der Waals surface area contributed by atoms with Gasteiger partial charge in [-0.05, 0) is 31.2 Å². The van der Waals surface area contributed by atoms with E-state index in [1.807, 2.05) is 0 Å². The second-order valence-electron chi connectivity index (χ2n) is 6.39. The molecule has 0 bridgehead atoms. The Morgan fingerprint density at radius 3 is 2.34 bits per heavy atom. The summed E-state index contributed by atoms with van der Waals surface area (Å²) in [5.74, 6) is -0.636. The quantitative estimate of drug-likeness (QED) is 0.568. The van der Waals surface area contributed by atoms with Gasteiger partial charge in [0.05, 0.1) is 12.1 Å². The first-order chi connectivity index (χ1) is 13.6. The van der Waals surface area contributed by atoms with Crippen LogP contribution in [0.1, 0.15) is 6.92 Å². The van der Waals surface area contributed by atoms with Crippen LogP contribution in [0, 0.1) is 0 Å². The van der Waals surface area contributed by atoms with Crippen LogP contribution >= 0.6 is 0 Å². The first-order valence-corrected chi connectivity index (χ1v) is 10.3. The van der Waals surface area contributed by atoms with Crippen LogP contribution in [-0.4, -0.2) is 38.8 Å². The molecule has 11 nitrogen and oxygen atoms in total. The Labute approximate surface area is 165 Å². The standard InChI is InChI=1S/C17H20N6O5S/c1-4-29(27,28)20-12-7-5-11(6-8-12)19-13(24)9-23-16(25)14-15(18-10-21(14)2)22(3)17(23)26/h5-8,10,20H,4,9H2,1-3H3,(H,19,24). The molecule has 1 aromatic carbocycles. The van der Waals surface area contributed by atoms with E-state index in [1.165, 1.54) is 53.7 Å². The van der Waals surface area contributed by atoms with Crippen LogP contribution < -0.4 is 21.3 Å². The summed E-state index contributed by atoms with van der Waals surface area (Å²) in [4.78, 5) is 41.5. The molecule has 12 heteroatoms. The molecule has 2 aromatic heterocycles. The Morgan fingerprint density at radius 1 is 1.10 bits per heavy atom. The van der Waals surface area contributed by atoms with E-state index in [0.29, 0.717) is 11.4 Å². The number of rotatable bonds is 6. The van der Waals surface area contributed by atoms with Crippen molar-refractivity contribution in [3.8, 4) is 0 Å². The Balaban J connectivity index is 1.81. The minimum Gasteiger partial charge on any atom is -0.328 e. The highest BCUT2D eigenvalue weighted by atomic mass is 32.2. The predicted octanol–water partition coefficient (Wildman–Crippen LogP) is -0.166. The fourth-order valence-corrected chi connectivity index (χ4v) is 3.39. The van der Waals surface area contributed by atoms with E-state index in [4.69, 9.17) is 0 Å². The number of aryl methyl sites for hydroxylation is 2. The number of nitrogens with zero attached hydrogens (tertiary/aromatic N) is 4. The lowest BCUT2D eigenvalue weighted by atomic mass is 10.3. The van der Waals surface area contributed by atoms with Gasteiger partial charge >= 0.3 is 5.69 Å². The number of fused-ring (bicyclic) bond motifs is 1. The number of sulfonamides is 1. The number of hydrogen-bond donors (Lipinski definition) is 2. The Kier molecular flexibility index (Phi) is 5.29. The average molecular weight is 420 g/mol. The van der Waals surface area contributed by atoms with Gasteiger partial charge in [-0.1, -0.05) is 0 Å². The van der Waals surface area contributed by atoms with Gasteiger partial charge in [0.1, 0.15) is 6.54 Å². The van der Waals surface area contributed by atoms with Gasteiger partial charge < -0.3 is 9.88 Å². The third-order valence-electron chi connectivity index (χ3n) is 4.32. The molecule has 0 aliphatic carbocycles. The molecule has 0 fully saturated rings. The van der Waals surface area contributed by atoms with Crippen LogP contribution in [0.15, 0.2) is 40.2 Å². The Hall–Kier alpha value is -3.41. The van der Waals surface area contributed by atoms with Crippen molar-refractivity contribution in [1.29, 1.82) is 0 Å². The number of carbonyl (C=O) groups excluding carboxylic acids is 1. The van der Waals surface area contributed by atoms with Gasteiger partial charge in [-0.2, -0.15) is 0 Å². The van der Waals surface area contributed by atoms with Crippen molar-refractivity contribution in [3.05, 3.63) is 51.4 Å². The van der Waals surface area contributed by atoms with E-state index in [9.17, 15) is 22.8 Å². The molecular formula is C17H20N6O5S. The Bertz CT molecular complexity index is 1300. The Morgan fingerprint density at radius 2 is 1.72 bits per heavy atom. The fraction of sp³-hybridized carbons (Fsp3) is 0.294. The largest absolute Gasteiger partial charge is 0.332 e. The molecule has 0 aliphatic heterocycles. The summed E-state index contributed by atoms with van der Waals surface area (Å²) in [5, 5.41) is 2.58. The fourth-order valence-electron chi connectivity index (χ4n) is 2.75. The summed E-state index contributed by atoms with van der Waals surface area (Å²) < 4.78 is 29.1. The second kappa shape index (κ2) is 7.54. The number of benzene rings is 1. The van der Waals surface area contributed by atoms with E-state index in [0.717, 1.165) is 4.57 Å². The summed E-state index contributed by atoms with van der Waals surface area (Å²) in [7, 11) is -0.300. The maximum absolute atomic E-state index is 12.6. The zero-order chi connectivity index (χ0) is 21.3. The van der Waals surface area contributed by atoms with Gasteiger partial charge in [-0.25, -0.2) is 22.8 Å². The average Bonchev–Trinajstić information content (AvgIpc) is 3.06. The maximum Gasteiger partial charge on any atom is 0.332 e. The number of nitrogens with one attached hydrogen (secondary N) is 2. The molecule has 0 spiro atoms. The van der Waals surface area contributed by atoms with E-state index >= 15 is 0 Å². The van der Waals surface area contributed by atoms with E-state index < -0.39 is 33.7 Å². The monoisotopic (exact) mass is 420 g/mol. The SMILES string of the molecule is CCS(=O)(=O)Nc1ccc(NC(=O)Cn2c(=O)c3c(ncn3C)n(C)c2=O)cc1. The minimum atomic E-state index is -3.40. The summed E-state index contributed by atoms with van der Waals surface area (Å²) in [6, 6.07) is 6.01. The zero-order valence-electron chi connectivity index (χ0n) is 16.0. The molecule has 0 saturated heterocycles. The zero-order valence-corrected chi connectivity index (χ0v) is 16.9. The van der Waals surface area contributed by atoms with Gasteiger partial charge in [0, 0.05) is 25.5 Å². The smallest absolute Gasteiger partial charge is 0.328 e. The number of amides is 1. The lowest BCUT2D eigenvalue weighted by Gasteiger charge is -2.10. The van der Waals surface area contributed by atoms with Gasteiger partial charge in [-0.15, -0.1) is 0 Å². The first-order valence-electron chi connectivity index (χ1n) is 8.64. The predicted molar refractivity (Wildman–Crippen MR) is 108 cm³/mol. The number of hydrogen-bond acceptors (Lipinski definition) is 6. The molecule has 154 valence electrons. The molecule has 0 saturated carbocycles. The van der Waals surface area contributed by atoms with Crippen molar-refractivity contribution < 1.29 is 13.2 Å². The molecule has 3 rings (SSSR count). The number of carbonyl (C=O) groups is 1. The van der Waals surface area contributed by atoms with Crippen molar-refractivity contribution in [2.24, 2.45) is 14.1 Å².